The van der Waals surface area contributed by atoms with E-state index in [0.717, 1.165) is 51.5 Å². The molecule has 146 valence electrons. The molecule has 1 heterocycles. The van der Waals surface area contributed by atoms with Gasteiger partial charge in [0.15, 0.2) is 6.29 Å². The summed E-state index contributed by atoms with van der Waals surface area (Å²) in [5.41, 5.74) is 1.36. The summed E-state index contributed by atoms with van der Waals surface area (Å²) in [7, 11) is 5.37. The largest absolute Gasteiger partial charge is 0.356 e. The maximum atomic E-state index is 12.6. The molecule has 5 nitrogen and oxygen atoms in total. The smallest absolute Gasteiger partial charge is 0.237 e. The first-order valence-electron chi connectivity index (χ1n) is 9.75. The number of amides is 1. The Morgan fingerprint density at radius 2 is 1.92 bits per heavy atom. The third-order valence-electron chi connectivity index (χ3n) is 5.41. The minimum Gasteiger partial charge on any atom is -0.356 e. The molecule has 1 amide bonds. The Morgan fingerprint density at radius 3 is 2.62 bits per heavy atom. The number of carbonyl (C=O) groups excluding carboxylic acids is 1. The van der Waals surface area contributed by atoms with Crippen LogP contribution in [0.4, 0.5) is 0 Å². The third kappa shape index (κ3) is 6.38. The van der Waals surface area contributed by atoms with Gasteiger partial charge in [-0.05, 0) is 51.1 Å². The molecule has 1 fully saturated rings. The number of methoxy groups -OCH3 is 2. The van der Waals surface area contributed by atoms with E-state index in [1.807, 2.05) is 13.1 Å². The SMILES string of the molecule is COC(CC1CCCC(C(=O)NCCCCc2ccccc2)N1C)OC. The Labute approximate surface area is 158 Å². The number of unbranched alkanes of at least 4 members (excludes halogenated alkanes) is 1. The van der Waals surface area contributed by atoms with Crippen molar-refractivity contribution in [2.24, 2.45) is 0 Å². The molecule has 1 aliphatic heterocycles. The highest BCUT2D eigenvalue weighted by molar-refractivity contribution is 5.81. The summed E-state index contributed by atoms with van der Waals surface area (Å²) in [6.07, 6.45) is 6.84. The van der Waals surface area contributed by atoms with Crippen LogP contribution in [0.2, 0.25) is 0 Å². The molecule has 0 bridgehead atoms. The van der Waals surface area contributed by atoms with Crippen molar-refractivity contribution in [3.05, 3.63) is 35.9 Å². The van der Waals surface area contributed by atoms with Gasteiger partial charge >= 0.3 is 0 Å². The van der Waals surface area contributed by atoms with Gasteiger partial charge in [-0.25, -0.2) is 0 Å². The zero-order chi connectivity index (χ0) is 18.8. The molecule has 0 aliphatic carbocycles. The van der Waals surface area contributed by atoms with E-state index in [-0.39, 0.29) is 18.2 Å². The molecule has 0 radical (unpaired) electrons. The van der Waals surface area contributed by atoms with Crippen molar-refractivity contribution in [2.45, 2.75) is 63.3 Å². The molecular weight excluding hydrogens is 328 g/mol. The molecule has 1 N–H and O–H groups in total. The van der Waals surface area contributed by atoms with Crippen LogP contribution in [0.25, 0.3) is 0 Å². The molecule has 0 aromatic heterocycles. The third-order valence-corrected chi connectivity index (χ3v) is 5.41. The van der Waals surface area contributed by atoms with E-state index in [0.29, 0.717) is 6.04 Å². The summed E-state index contributed by atoms with van der Waals surface area (Å²) in [5, 5.41) is 3.13. The number of hydrogen-bond acceptors (Lipinski definition) is 4. The van der Waals surface area contributed by atoms with Crippen LogP contribution < -0.4 is 5.32 Å². The number of carbonyl (C=O) groups is 1. The van der Waals surface area contributed by atoms with E-state index >= 15 is 0 Å². The summed E-state index contributed by atoms with van der Waals surface area (Å²) < 4.78 is 10.7. The molecule has 2 atom stereocenters. The number of ether oxygens (including phenoxy) is 2. The van der Waals surface area contributed by atoms with Crippen LogP contribution in [0.1, 0.15) is 44.1 Å². The number of nitrogens with zero attached hydrogens (tertiary/aromatic N) is 1. The fraction of sp³-hybridized carbons (Fsp3) is 0.667. The lowest BCUT2D eigenvalue weighted by Crippen LogP contribution is -2.52. The number of likely N-dealkylation sites (tertiary alicyclic amines) is 1. The van der Waals surface area contributed by atoms with Gasteiger partial charge in [0.25, 0.3) is 0 Å². The highest BCUT2D eigenvalue weighted by Gasteiger charge is 2.33. The average Bonchev–Trinajstić information content (AvgIpc) is 2.67. The normalized spacial score (nSPS) is 21.1. The van der Waals surface area contributed by atoms with Crippen LogP contribution in [0.15, 0.2) is 30.3 Å². The maximum absolute atomic E-state index is 12.6. The van der Waals surface area contributed by atoms with E-state index < -0.39 is 0 Å². The zero-order valence-electron chi connectivity index (χ0n) is 16.4. The standard InChI is InChI=1S/C21H34N2O3/c1-23-18(16-20(25-2)26-3)13-9-14-19(23)21(24)22-15-8-7-12-17-10-5-4-6-11-17/h4-6,10-11,18-20H,7-9,12-16H2,1-3H3,(H,22,24). The van der Waals surface area contributed by atoms with Crippen LogP contribution in [-0.2, 0) is 20.7 Å². The molecule has 1 aromatic carbocycles. The quantitative estimate of drug-likeness (QED) is 0.513. The first-order chi connectivity index (χ1) is 12.7. The Hall–Kier alpha value is -1.43. The fourth-order valence-electron chi connectivity index (χ4n) is 3.75. The lowest BCUT2D eigenvalue weighted by atomic mass is 9.93. The Balaban J connectivity index is 1.70. The number of rotatable bonds is 10. The van der Waals surface area contributed by atoms with E-state index in [9.17, 15) is 4.79 Å². The van der Waals surface area contributed by atoms with Crippen molar-refractivity contribution >= 4 is 5.91 Å². The summed E-state index contributed by atoms with van der Waals surface area (Å²) in [5.74, 6) is 0.156. The minimum atomic E-state index is -0.206. The van der Waals surface area contributed by atoms with Crippen molar-refractivity contribution in [1.29, 1.82) is 0 Å². The van der Waals surface area contributed by atoms with Crippen LogP contribution >= 0.6 is 0 Å². The summed E-state index contributed by atoms with van der Waals surface area (Å²) in [6.45, 7) is 0.749. The highest BCUT2D eigenvalue weighted by Crippen LogP contribution is 2.25. The maximum Gasteiger partial charge on any atom is 0.237 e. The Morgan fingerprint density at radius 1 is 1.19 bits per heavy atom. The second-order valence-corrected chi connectivity index (χ2v) is 7.14. The molecular formula is C21H34N2O3. The minimum absolute atomic E-state index is 0.0442. The summed E-state index contributed by atoms with van der Waals surface area (Å²) >= 11 is 0. The molecule has 1 aliphatic rings. The van der Waals surface area contributed by atoms with Crippen molar-refractivity contribution in [2.75, 3.05) is 27.8 Å². The average molecular weight is 363 g/mol. The lowest BCUT2D eigenvalue weighted by Gasteiger charge is -2.39. The van der Waals surface area contributed by atoms with E-state index in [4.69, 9.17) is 9.47 Å². The number of likely N-dealkylation sites (N-methyl/N-ethyl adjacent to an activating group) is 1. The van der Waals surface area contributed by atoms with Crippen molar-refractivity contribution in [3.8, 4) is 0 Å². The van der Waals surface area contributed by atoms with Crippen molar-refractivity contribution < 1.29 is 14.3 Å². The molecule has 2 unspecified atom stereocenters. The first kappa shape index (κ1) is 20.9. The Kier molecular flexibility index (Phi) is 9.09. The van der Waals surface area contributed by atoms with Gasteiger partial charge in [-0.15, -0.1) is 0 Å². The number of nitrogens with one attached hydrogen (secondary N) is 1. The number of hydrogen-bond donors (Lipinski definition) is 1. The van der Waals surface area contributed by atoms with Gasteiger partial charge in [-0.3, -0.25) is 9.69 Å². The second kappa shape index (κ2) is 11.3. The molecule has 0 spiro atoms. The zero-order valence-corrected chi connectivity index (χ0v) is 16.4. The van der Waals surface area contributed by atoms with Crippen molar-refractivity contribution in [1.82, 2.24) is 10.2 Å². The van der Waals surface area contributed by atoms with E-state index in [1.54, 1.807) is 14.2 Å². The lowest BCUT2D eigenvalue weighted by molar-refractivity contribution is -0.135. The van der Waals surface area contributed by atoms with Gasteiger partial charge in [0, 0.05) is 33.2 Å². The van der Waals surface area contributed by atoms with Gasteiger partial charge in [0.2, 0.25) is 5.91 Å². The van der Waals surface area contributed by atoms with E-state index in [1.165, 1.54) is 5.56 Å². The van der Waals surface area contributed by atoms with E-state index in [2.05, 4.69) is 34.5 Å². The number of aryl methyl sites for hydroxylation is 1. The fourth-order valence-corrected chi connectivity index (χ4v) is 3.75. The van der Waals surface area contributed by atoms with Crippen LogP contribution in [0.5, 0.6) is 0 Å². The van der Waals surface area contributed by atoms with Crippen LogP contribution in [0.3, 0.4) is 0 Å². The molecule has 1 saturated heterocycles. The molecule has 2 rings (SSSR count). The number of benzene rings is 1. The van der Waals surface area contributed by atoms with Gasteiger partial charge in [-0.2, -0.15) is 0 Å². The first-order valence-corrected chi connectivity index (χ1v) is 9.75. The topological polar surface area (TPSA) is 50.8 Å². The highest BCUT2D eigenvalue weighted by atomic mass is 16.7. The van der Waals surface area contributed by atoms with Crippen LogP contribution in [0, 0.1) is 0 Å². The monoisotopic (exact) mass is 362 g/mol. The molecule has 26 heavy (non-hydrogen) atoms. The molecule has 5 heteroatoms. The molecule has 0 saturated carbocycles. The molecule has 1 aromatic rings. The number of piperidine rings is 1. The van der Waals surface area contributed by atoms with Gasteiger partial charge in [0.1, 0.15) is 0 Å². The summed E-state index contributed by atoms with van der Waals surface area (Å²) in [4.78, 5) is 14.8. The second-order valence-electron chi connectivity index (χ2n) is 7.14. The predicted molar refractivity (Wildman–Crippen MR) is 104 cm³/mol. The van der Waals surface area contributed by atoms with Gasteiger partial charge in [0.05, 0.1) is 6.04 Å². The van der Waals surface area contributed by atoms with Crippen LogP contribution in [-0.4, -0.2) is 57.0 Å². The Bertz CT molecular complexity index is 519. The summed E-state index contributed by atoms with van der Waals surface area (Å²) in [6, 6.07) is 10.8. The van der Waals surface area contributed by atoms with Crippen molar-refractivity contribution in [3.63, 3.8) is 0 Å². The predicted octanol–water partition coefficient (Wildman–Crippen LogP) is 2.99. The van der Waals surface area contributed by atoms with Gasteiger partial charge in [-0.1, -0.05) is 30.3 Å². The van der Waals surface area contributed by atoms with Gasteiger partial charge < -0.3 is 14.8 Å².